The van der Waals surface area contributed by atoms with Crippen molar-refractivity contribution >= 4 is 0 Å². The van der Waals surface area contributed by atoms with E-state index in [9.17, 15) is 9.50 Å². The van der Waals surface area contributed by atoms with Crippen molar-refractivity contribution < 1.29 is 14.2 Å². The molecule has 2 aromatic carbocycles. The Labute approximate surface area is 118 Å². The Morgan fingerprint density at radius 2 is 1.65 bits per heavy atom. The van der Waals surface area contributed by atoms with E-state index in [0.717, 1.165) is 0 Å². The maximum absolute atomic E-state index is 13.2. The predicted octanol–water partition coefficient (Wildman–Crippen LogP) is 4.79. The number of rotatable bonds is 4. The molecule has 1 atom stereocenters. The molecule has 0 fully saturated rings. The molecule has 0 radical (unpaired) electrons. The van der Waals surface area contributed by atoms with Crippen molar-refractivity contribution in [2.45, 2.75) is 32.8 Å². The zero-order valence-electron chi connectivity index (χ0n) is 11.9. The van der Waals surface area contributed by atoms with Crippen LogP contribution in [0, 0.1) is 5.82 Å². The standard InChI is InChI=1S/C17H19FO2/c1-11(2)13-4-7-15(8-5-13)20-17-9-6-14(18)10-16(17)12(3)19/h4-12,19H,1-3H3. The van der Waals surface area contributed by atoms with Crippen molar-refractivity contribution in [2.24, 2.45) is 0 Å². The van der Waals surface area contributed by atoms with Crippen molar-refractivity contribution in [3.8, 4) is 11.5 Å². The lowest BCUT2D eigenvalue weighted by Gasteiger charge is -2.14. The van der Waals surface area contributed by atoms with Crippen LogP contribution in [0.2, 0.25) is 0 Å². The van der Waals surface area contributed by atoms with Gasteiger partial charge >= 0.3 is 0 Å². The summed E-state index contributed by atoms with van der Waals surface area (Å²) in [6.07, 6.45) is -0.782. The van der Waals surface area contributed by atoms with Gasteiger partial charge in [0.1, 0.15) is 17.3 Å². The smallest absolute Gasteiger partial charge is 0.133 e. The minimum absolute atomic E-state index is 0.386. The molecular formula is C17H19FO2. The first kappa shape index (κ1) is 14.5. The summed E-state index contributed by atoms with van der Waals surface area (Å²) >= 11 is 0. The summed E-state index contributed by atoms with van der Waals surface area (Å²) in [6.45, 7) is 5.84. The van der Waals surface area contributed by atoms with Crippen molar-refractivity contribution in [1.29, 1.82) is 0 Å². The molecule has 0 aliphatic rings. The van der Waals surface area contributed by atoms with Gasteiger partial charge in [-0.1, -0.05) is 26.0 Å². The van der Waals surface area contributed by atoms with Gasteiger partial charge in [-0.05, 0) is 48.7 Å². The molecule has 106 valence electrons. The van der Waals surface area contributed by atoms with Gasteiger partial charge in [0.25, 0.3) is 0 Å². The Morgan fingerprint density at radius 1 is 1.00 bits per heavy atom. The lowest BCUT2D eigenvalue weighted by Crippen LogP contribution is -1.97. The van der Waals surface area contributed by atoms with Gasteiger partial charge in [-0.25, -0.2) is 4.39 Å². The average Bonchev–Trinajstić information content (AvgIpc) is 2.41. The highest BCUT2D eigenvalue weighted by atomic mass is 19.1. The zero-order chi connectivity index (χ0) is 14.7. The van der Waals surface area contributed by atoms with Gasteiger partial charge in [0.05, 0.1) is 6.10 Å². The van der Waals surface area contributed by atoms with Crippen LogP contribution in [0.5, 0.6) is 11.5 Å². The van der Waals surface area contributed by atoms with Crippen LogP contribution >= 0.6 is 0 Å². The van der Waals surface area contributed by atoms with Crippen molar-refractivity contribution in [1.82, 2.24) is 0 Å². The van der Waals surface area contributed by atoms with E-state index in [1.165, 1.54) is 23.8 Å². The number of halogens is 1. The van der Waals surface area contributed by atoms with E-state index in [1.54, 1.807) is 6.92 Å². The molecule has 0 saturated carbocycles. The quantitative estimate of drug-likeness (QED) is 0.868. The molecule has 0 bridgehead atoms. The first-order valence-corrected chi connectivity index (χ1v) is 6.72. The van der Waals surface area contributed by atoms with E-state index < -0.39 is 6.10 Å². The van der Waals surface area contributed by atoms with Gasteiger partial charge in [0, 0.05) is 5.56 Å². The van der Waals surface area contributed by atoms with E-state index in [1.807, 2.05) is 24.3 Å². The number of hydrogen-bond donors (Lipinski definition) is 1. The molecule has 0 heterocycles. The van der Waals surface area contributed by atoms with E-state index in [4.69, 9.17) is 4.74 Å². The Kier molecular flexibility index (Phi) is 4.40. The second-order valence-corrected chi connectivity index (χ2v) is 5.18. The van der Waals surface area contributed by atoms with Crippen molar-refractivity contribution in [3.63, 3.8) is 0 Å². The molecule has 2 aromatic rings. The number of benzene rings is 2. The lowest BCUT2D eigenvalue weighted by molar-refractivity contribution is 0.195. The maximum atomic E-state index is 13.2. The third kappa shape index (κ3) is 3.36. The number of aliphatic hydroxyl groups excluding tert-OH is 1. The topological polar surface area (TPSA) is 29.5 Å². The van der Waals surface area contributed by atoms with Gasteiger partial charge in [-0.3, -0.25) is 0 Å². The summed E-state index contributed by atoms with van der Waals surface area (Å²) in [5.74, 6) is 1.22. The van der Waals surface area contributed by atoms with Crippen LogP contribution < -0.4 is 4.74 Å². The van der Waals surface area contributed by atoms with Gasteiger partial charge in [-0.15, -0.1) is 0 Å². The molecule has 0 aromatic heterocycles. The van der Waals surface area contributed by atoms with E-state index in [-0.39, 0.29) is 5.82 Å². The highest BCUT2D eigenvalue weighted by molar-refractivity contribution is 5.40. The largest absolute Gasteiger partial charge is 0.457 e. The van der Waals surface area contributed by atoms with E-state index in [2.05, 4.69) is 13.8 Å². The van der Waals surface area contributed by atoms with E-state index in [0.29, 0.717) is 23.0 Å². The summed E-state index contributed by atoms with van der Waals surface area (Å²) in [7, 11) is 0. The SMILES string of the molecule is CC(C)c1ccc(Oc2ccc(F)cc2C(C)O)cc1. The molecule has 1 N–H and O–H groups in total. The Morgan fingerprint density at radius 3 is 2.20 bits per heavy atom. The lowest BCUT2D eigenvalue weighted by atomic mass is 10.0. The summed E-state index contributed by atoms with van der Waals surface area (Å²) in [5.41, 5.74) is 1.67. The third-order valence-electron chi connectivity index (χ3n) is 3.20. The molecule has 0 spiro atoms. The molecule has 2 nitrogen and oxygen atoms in total. The molecule has 0 aliphatic heterocycles. The summed E-state index contributed by atoms with van der Waals surface area (Å²) in [5, 5.41) is 9.68. The van der Waals surface area contributed by atoms with Gasteiger partial charge in [-0.2, -0.15) is 0 Å². The van der Waals surface area contributed by atoms with Crippen LogP contribution in [-0.2, 0) is 0 Å². The van der Waals surface area contributed by atoms with Crippen molar-refractivity contribution in [3.05, 3.63) is 59.4 Å². The Balaban J connectivity index is 2.25. The fourth-order valence-corrected chi connectivity index (χ4v) is 1.99. The minimum Gasteiger partial charge on any atom is -0.457 e. The Bertz CT molecular complexity index is 574. The van der Waals surface area contributed by atoms with Crippen LogP contribution in [-0.4, -0.2) is 5.11 Å². The molecule has 3 heteroatoms. The van der Waals surface area contributed by atoms with Gasteiger partial charge in [0.15, 0.2) is 0 Å². The molecule has 1 unspecified atom stereocenters. The maximum Gasteiger partial charge on any atom is 0.133 e. The fraction of sp³-hybridized carbons (Fsp3) is 0.294. The number of aliphatic hydroxyl groups is 1. The molecule has 0 saturated heterocycles. The first-order valence-electron chi connectivity index (χ1n) is 6.72. The van der Waals surface area contributed by atoms with Gasteiger partial charge < -0.3 is 9.84 Å². The monoisotopic (exact) mass is 274 g/mol. The van der Waals surface area contributed by atoms with Crippen molar-refractivity contribution in [2.75, 3.05) is 0 Å². The Hall–Kier alpha value is -1.87. The summed E-state index contributed by atoms with van der Waals surface area (Å²) < 4.78 is 19.0. The normalized spacial score (nSPS) is 12.5. The molecule has 0 aliphatic carbocycles. The third-order valence-corrected chi connectivity index (χ3v) is 3.20. The first-order chi connectivity index (χ1) is 9.47. The molecule has 2 rings (SSSR count). The zero-order valence-corrected chi connectivity index (χ0v) is 11.9. The fourth-order valence-electron chi connectivity index (χ4n) is 1.99. The van der Waals surface area contributed by atoms with Crippen LogP contribution in [0.4, 0.5) is 4.39 Å². The van der Waals surface area contributed by atoms with Crippen LogP contribution in [0.1, 0.15) is 43.9 Å². The molecule has 0 amide bonds. The highest BCUT2D eigenvalue weighted by Gasteiger charge is 2.11. The second-order valence-electron chi connectivity index (χ2n) is 5.18. The second kappa shape index (κ2) is 6.06. The predicted molar refractivity (Wildman–Crippen MR) is 77.6 cm³/mol. The number of hydrogen-bond acceptors (Lipinski definition) is 2. The van der Waals surface area contributed by atoms with Gasteiger partial charge in [0.2, 0.25) is 0 Å². The van der Waals surface area contributed by atoms with E-state index >= 15 is 0 Å². The minimum atomic E-state index is -0.782. The summed E-state index contributed by atoms with van der Waals surface area (Å²) in [4.78, 5) is 0. The number of ether oxygens (including phenoxy) is 1. The van der Waals surface area contributed by atoms with Crippen LogP contribution in [0.15, 0.2) is 42.5 Å². The molecule has 20 heavy (non-hydrogen) atoms. The molecular weight excluding hydrogens is 255 g/mol. The van der Waals surface area contributed by atoms with Crippen LogP contribution in [0.25, 0.3) is 0 Å². The summed E-state index contributed by atoms with van der Waals surface area (Å²) in [6, 6.07) is 11.9. The highest BCUT2D eigenvalue weighted by Crippen LogP contribution is 2.30. The van der Waals surface area contributed by atoms with Crippen LogP contribution in [0.3, 0.4) is 0 Å². The average molecular weight is 274 g/mol.